The lowest BCUT2D eigenvalue weighted by Crippen LogP contribution is -2.02. The van der Waals surface area contributed by atoms with Crippen molar-refractivity contribution in [3.8, 4) is 0 Å². The molecule has 0 fully saturated rings. The number of nitrogens with zero attached hydrogens (tertiary/aromatic N) is 1. The average Bonchev–Trinajstić information content (AvgIpc) is 2.86. The summed E-state index contributed by atoms with van der Waals surface area (Å²) in [6.45, 7) is 1.32. The van der Waals surface area contributed by atoms with Crippen LogP contribution in [-0.4, -0.2) is 11.1 Å². The summed E-state index contributed by atoms with van der Waals surface area (Å²) in [6.07, 6.45) is 2.92. The van der Waals surface area contributed by atoms with Gasteiger partial charge in [-0.1, -0.05) is 23.7 Å². The standard InChI is InChI=1S/C17H16ClFN2/c18-15-10-13(1-3-16(15)19)11-21-8-6-14-9-12(5-7-20)2-4-17(14)21/h1-4,6,8-10H,5,7,11,20H2. The van der Waals surface area contributed by atoms with Gasteiger partial charge < -0.3 is 10.3 Å². The average molecular weight is 303 g/mol. The second kappa shape index (κ2) is 5.88. The van der Waals surface area contributed by atoms with Crippen molar-refractivity contribution in [3.05, 3.63) is 70.6 Å². The van der Waals surface area contributed by atoms with Crippen molar-refractivity contribution >= 4 is 22.5 Å². The molecule has 2 nitrogen and oxygen atoms in total. The third kappa shape index (κ3) is 2.94. The first kappa shape index (κ1) is 14.1. The Morgan fingerprint density at radius 1 is 1.05 bits per heavy atom. The predicted octanol–water partition coefficient (Wildman–Crippen LogP) is 3.98. The highest BCUT2D eigenvalue weighted by Crippen LogP contribution is 2.21. The second-order valence-electron chi connectivity index (χ2n) is 5.12. The number of hydrogen-bond acceptors (Lipinski definition) is 1. The van der Waals surface area contributed by atoms with Gasteiger partial charge in [-0.3, -0.25) is 0 Å². The number of halogens is 2. The number of benzene rings is 2. The summed E-state index contributed by atoms with van der Waals surface area (Å²) < 4.78 is 15.3. The summed E-state index contributed by atoms with van der Waals surface area (Å²) in [4.78, 5) is 0. The van der Waals surface area contributed by atoms with Crippen LogP contribution < -0.4 is 5.73 Å². The molecule has 21 heavy (non-hydrogen) atoms. The molecule has 3 rings (SSSR count). The predicted molar refractivity (Wildman–Crippen MR) is 85.2 cm³/mol. The Morgan fingerprint density at radius 2 is 1.86 bits per heavy atom. The third-order valence-corrected chi connectivity index (χ3v) is 3.89. The third-order valence-electron chi connectivity index (χ3n) is 3.61. The van der Waals surface area contributed by atoms with E-state index < -0.39 is 0 Å². The molecule has 108 valence electrons. The molecular weight excluding hydrogens is 287 g/mol. The molecular formula is C17H16ClFN2. The number of nitrogens with two attached hydrogens (primary N) is 1. The van der Waals surface area contributed by atoms with Crippen molar-refractivity contribution in [2.75, 3.05) is 6.54 Å². The number of hydrogen-bond donors (Lipinski definition) is 1. The van der Waals surface area contributed by atoms with Crippen LogP contribution in [0.5, 0.6) is 0 Å². The zero-order valence-corrected chi connectivity index (χ0v) is 12.3. The maximum Gasteiger partial charge on any atom is 0.141 e. The van der Waals surface area contributed by atoms with E-state index in [-0.39, 0.29) is 10.8 Å². The number of aromatic nitrogens is 1. The minimum Gasteiger partial charge on any atom is -0.343 e. The van der Waals surface area contributed by atoms with Crippen molar-refractivity contribution in [2.45, 2.75) is 13.0 Å². The molecule has 0 amide bonds. The summed E-state index contributed by atoms with van der Waals surface area (Å²) in [6, 6.07) is 13.3. The Balaban J connectivity index is 1.91. The molecule has 0 unspecified atom stereocenters. The topological polar surface area (TPSA) is 30.9 Å². The summed E-state index contributed by atoms with van der Waals surface area (Å²) in [5.74, 6) is -0.385. The van der Waals surface area contributed by atoms with Crippen molar-refractivity contribution in [1.82, 2.24) is 4.57 Å². The van der Waals surface area contributed by atoms with E-state index in [2.05, 4.69) is 28.8 Å². The van der Waals surface area contributed by atoms with E-state index in [4.69, 9.17) is 17.3 Å². The maximum atomic E-state index is 13.2. The van der Waals surface area contributed by atoms with E-state index in [0.717, 1.165) is 17.5 Å². The summed E-state index contributed by atoms with van der Waals surface area (Å²) in [7, 11) is 0. The molecule has 0 atom stereocenters. The van der Waals surface area contributed by atoms with Gasteiger partial charge >= 0.3 is 0 Å². The minimum atomic E-state index is -0.385. The molecule has 2 aromatic carbocycles. The summed E-state index contributed by atoms with van der Waals surface area (Å²) in [5, 5.41) is 1.35. The van der Waals surface area contributed by atoms with Gasteiger partial charge in [0.25, 0.3) is 0 Å². The number of fused-ring (bicyclic) bond motifs is 1. The van der Waals surface area contributed by atoms with Crippen LogP contribution in [0.2, 0.25) is 5.02 Å². The summed E-state index contributed by atoms with van der Waals surface area (Å²) >= 11 is 5.83. The Labute approximate surface area is 127 Å². The molecule has 3 aromatic rings. The van der Waals surface area contributed by atoms with Crippen LogP contribution in [0.3, 0.4) is 0 Å². The molecule has 4 heteroatoms. The fourth-order valence-electron chi connectivity index (χ4n) is 2.54. The van der Waals surface area contributed by atoms with Crippen LogP contribution >= 0.6 is 11.6 Å². The Bertz CT molecular complexity index is 780. The zero-order chi connectivity index (χ0) is 14.8. The van der Waals surface area contributed by atoms with Gasteiger partial charge in [-0.2, -0.15) is 0 Å². The van der Waals surface area contributed by atoms with Crippen LogP contribution in [0.25, 0.3) is 10.9 Å². The van der Waals surface area contributed by atoms with E-state index in [1.807, 2.05) is 6.20 Å². The summed E-state index contributed by atoms with van der Waals surface area (Å²) in [5.41, 5.74) is 8.96. The van der Waals surface area contributed by atoms with Crippen LogP contribution in [0.15, 0.2) is 48.7 Å². The molecule has 0 aliphatic carbocycles. The normalized spacial score (nSPS) is 11.2. The van der Waals surface area contributed by atoms with E-state index in [1.54, 1.807) is 12.1 Å². The van der Waals surface area contributed by atoms with Gasteiger partial charge in [0.1, 0.15) is 5.82 Å². The fourth-order valence-corrected chi connectivity index (χ4v) is 2.75. The van der Waals surface area contributed by atoms with Crippen LogP contribution in [-0.2, 0) is 13.0 Å². The van der Waals surface area contributed by atoms with E-state index in [9.17, 15) is 4.39 Å². The molecule has 1 aromatic heterocycles. The van der Waals surface area contributed by atoms with Crippen molar-refractivity contribution < 1.29 is 4.39 Å². The Morgan fingerprint density at radius 3 is 2.62 bits per heavy atom. The smallest absolute Gasteiger partial charge is 0.141 e. The Hall–Kier alpha value is -1.84. The van der Waals surface area contributed by atoms with Crippen LogP contribution in [0.4, 0.5) is 4.39 Å². The van der Waals surface area contributed by atoms with Gasteiger partial charge in [0.05, 0.1) is 5.02 Å². The largest absolute Gasteiger partial charge is 0.343 e. The van der Waals surface area contributed by atoms with Gasteiger partial charge in [-0.15, -0.1) is 0 Å². The van der Waals surface area contributed by atoms with Crippen molar-refractivity contribution in [1.29, 1.82) is 0 Å². The van der Waals surface area contributed by atoms with Crippen LogP contribution in [0.1, 0.15) is 11.1 Å². The van der Waals surface area contributed by atoms with Crippen molar-refractivity contribution in [3.63, 3.8) is 0 Å². The first-order chi connectivity index (χ1) is 10.2. The lowest BCUT2D eigenvalue weighted by molar-refractivity contribution is 0.627. The lowest BCUT2D eigenvalue weighted by Gasteiger charge is -2.07. The van der Waals surface area contributed by atoms with Crippen LogP contribution in [0, 0.1) is 5.82 Å². The van der Waals surface area contributed by atoms with Gasteiger partial charge in [-0.25, -0.2) is 4.39 Å². The van der Waals surface area contributed by atoms with Gasteiger partial charge in [0, 0.05) is 18.3 Å². The maximum absolute atomic E-state index is 13.2. The fraction of sp³-hybridized carbons (Fsp3) is 0.176. The SMILES string of the molecule is NCCc1ccc2c(ccn2Cc2ccc(F)c(Cl)c2)c1. The lowest BCUT2D eigenvalue weighted by atomic mass is 10.1. The molecule has 0 saturated carbocycles. The molecule has 2 N–H and O–H groups in total. The second-order valence-corrected chi connectivity index (χ2v) is 5.53. The Kier molecular flexibility index (Phi) is 3.95. The van der Waals surface area contributed by atoms with Crippen molar-refractivity contribution in [2.24, 2.45) is 5.73 Å². The van der Waals surface area contributed by atoms with E-state index >= 15 is 0 Å². The highest BCUT2D eigenvalue weighted by atomic mass is 35.5. The molecule has 0 saturated heterocycles. The van der Waals surface area contributed by atoms with Gasteiger partial charge in [0.2, 0.25) is 0 Å². The zero-order valence-electron chi connectivity index (χ0n) is 11.5. The molecule has 0 bridgehead atoms. The van der Waals surface area contributed by atoms with E-state index in [1.165, 1.54) is 17.0 Å². The van der Waals surface area contributed by atoms with E-state index in [0.29, 0.717) is 13.1 Å². The molecule has 0 spiro atoms. The van der Waals surface area contributed by atoms with Gasteiger partial charge in [-0.05, 0) is 59.8 Å². The first-order valence-corrected chi connectivity index (χ1v) is 7.27. The quantitative estimate of drug-likeness (QED) is 0.776. The highest BCUT2D eigenvalue weighted by molar-refractivity contribution is 6.30. The highest BCUT2D eigenvalue weighted by Gasteiger charge is 2.05. The molecule has 0 aliphatic rings. The first-order valence-electron chi connectivity index (χ1n) is 6.89. The monoisotopic (exact) mass is 302 g/mol. The van der Waals surface area contributed by atoms with Gasteiger partial charge in [0.15, 0.2) is 0 Å². The minimum absolute atomic E-state index is 0.161. The molecule has 0 aliphatic heterocycles. The molecule has 1 heterocycles. The number of rotatable bonds is 4. The molecule has 0 radical (unpaired) electrons.